The van der Waals surface area contributed by atoms with E-state index in [1.165, 1.54) is 18.4 Å². The Labute approximate surface area is 154 Å². The Kier molecular flexibility index (Phi) is 5.16. The molecule has 4 rings (SSSR count). The van der Waals surface area contributed by atoms with E-state index in [-0.39, 0.29) is 24.4 Å². The number of hydrogen-bond acceptors (Lipinski definition) is 5. The van der Waals surface area contributed by atoms with Gasteiger partial charge in [-0.2, -0.15) is 0 Å². The van der Waals surface area contributed by atoms with Crippen molar-refractivity contribution in [3.8, 4) is 0 Å². The molecule has 142 valence electrons. The summed E-state index contributed by atoms with van der Waals surface area (Å²) in [7, 11) is 0. The molecule has 1 amide bonds. The lowest BCUT2D eigenvalue weighted by atomic mass is 10.0. The van der Waals surface area contributed by atoms with Gasteiger partial charge in [-0.1, -0.05) is 26.0 Å². The Balaban J connectivity index is 1.27. The molecule has 0 unspecified atom stereocenters. The molecule has 0 spiro atoms. The molecule has 3 aliphatic rings. The van der Waals surface area contributed by atoms with Crippen molar-refractivity contribution in [2.45, 2.75) is 57.0 Å². The smallest absolute Gasteiger partial charge is 0.412 e. The van der Waals surface area contributed by atoms with Gasteiger partial charge in [0.25, 0.3) is 0 Å². The topological polar surface area (TPSA) is 68.8 Å². The minimum absolute atomic E-state index is 0.0307. The zero-order valence-electron chi connectivity index (χ0n) is 15.4. The number of carbonyl (C=O) groups excluding carboxylic acids is 1. The lowest BCUT2D eigenvalue weighted by molar-refractivity contribution is 0.00856. The lowest BCUT2D eigenvalue weighted by Gasteiger charge is -2.18. The van der Waals surface area contributed by atoms with E-state index in [1.54, 1.807) is 0 Å². The minimum Gasteiger partial charge on any atom is -0.441 e. The van der Waals surface area contributed by atoms with Crippen LogP contribution in [0.25, 0.3) is 0 Å². The normalized spacial score (nSPS) is 30.4. The number of ether oxygens (including phenoxy) is 3. The molecule has 0 radical (unpaired) electrons. The van der Waals surface area contributed by atoms with Gasteiger partial charge in [-0.3, -0.25) is 5.32 Å². The molecule has 1 aromatic rings. The lowest BCUT2D eigenvalue weighted by Crippen LogP contribution is -2.42. The van der Waals surface area contributed by atoms with Crippen molar-refractivity contribution in [3.63, 3.8) is 0 Å². The first-order valence-electron chi connectivity index (χ1n) is 9.64. The Bertz CT molecular complexity index is 629. The molecule has 2 saturated heterocycles. The SMILES string of the molecule is CC(C)c1ccc(NC(=O)O[C@H]2CO[C@@H]3[C@@H]2OC[C@@H]3NCC2CC2)cc1. The van der Waals surface area contributed by atoms with Gasteiger partial charge in [-0.05, 0) is 48.9 Å². The van der Waals surface area contributed by atoms with Gasteiger partial charge >= 0.3 is 6.09 Å². The maximum atomic E-state index is 12.2. The van der Waals surface area contributed by atoms with Gasteiger partial charge in [0.2, 0.25) is 0 Å². The van der Waals surface area contributed by atoms with Crippen molar-refractivity contribution < 1.29 is 19.0 Å². The zero-order chi connectivity index (χ0) is 18.1. The Morgan fingerprint density at radius 3 is 2.58 bits per heavy atom. The van der Waals surface area contributed by atoms with E-state index in [1.807, 2.05) is 24.3 Å². The number of fused-ring (bicyclic) bond motifs is 1. The standard InChI is InChI=1S/C20H28N2O4/c1-12(2)14-5-7-15(8-6-14)22-20(23)26-17-11-25-18-16(10-24-19(17)18)21-9-13-3-4-13/h5-8,12-13,16-19,21H,3-4,9-11H2,1-2H3,(H,22,23)/t16-,17-,18-,19+/m0/s1. The van der Waals surface area contributed by atoms with E-state index in [2.05, 4.69) is 24.5 Å². The van der Waals surface area contributed by atoms with Crippen LogP contribution >= 0.6 is 0 Å². The molecule has 2 aliphatic heterocycles. The second-order valence-corrected chi connectivity index (χ2v) is 7.90. The van der Waals surface area contributed by atoms with Gasteiger partial charge < -0.3 is 19.5 Å². The first-order valence-corrected chi connectivity index (χ1v) is 9.64. The summed E-state index contributed by atoms with van der Waals surface area (Å²) in [5, 5.41) is 6.32. The summed E-state index contributed by atoms with van der Waals surface area (Å²) >= 11 is 0. The fraction of sp³-hybridized carbons (Fsp3) is 0.650. The van der Waals surface area contributed by atoms with Crippen molar-refractivity contribution in [2.24, 2.45) is 5.92 Å². The number of benzene rings is 1. The molecule has 26 heavy (non-hydrogen) atoms. The van der Waals surface area contributed by atoms with Crippen LogP contribution < -0.4 is 10.6 Å². The highest BCUT2D eigenvalue weighted by molar-refractivity contribution is 5.84. The Morgan fingerprint density at radius 1 is 1.15 bits per heavy atom. The van der Waals surface area contributed by atoms with E-state index in [0.29, 0.717) is 19.1 Å². The molecule has 1 saturated carbocycles. The van der Waals surface area contributed by atoms with Gasteiger partial charge in [-0.15, -0.1) is 0 Å². The van der Waals surface area contributed by atoms with Crippen LogP contribution in [0, 0.1) is 5.92 Å². The monoisotopic (exact) mass is 360 g/mol. The average molecular weight is 360 g/mol. The first kappa shape index (κ1) is 17.8. The largest absolute Gasteiger partial charge is 0.441 e. The summed E-state index contributed by atoms with van der Waals surface area (Å²) in [6, 6.07) is 8.03. The highest BCUT2D eigenvalue weighted by Gasteiger charge is 2.49. The molecule has 6 heteroatoms. The zero-order valence-corrected chi connectivity index (χ0v) is 15.4. The summed E-state index contributed by atoms with van der Waals surface area (Å²) in [6.07, 6.45) is 1.61. The molecule has 4 atom stereocenters. The van der Waals surface area contributed by atoms with E-state index < -0.39 is 6.09 Å². The molecule has 3 fully saturated rings. The Morgan fingerprint density at radius 2 is 1.88 bits per heavy atom. The van der Waals surface area contributed by atoms with E-state index >= 15 is 0 Å². The number of nitrogens with one attached hydrogen (secondary N) is 2. The van der Waals surface area contributed by atoms with Gasteiger partial charge in [0.05, 0.1) is 19.3 Å². The first-order chi connectivity index (χ1) is 12.6. The van der Waals surface area contributed by atoms with Gasteiger partial charge in [-0.25, -0.2) is 4.79 Å². The van der Waals surface area contributed by atoms with Crippen LogP contribution in [0.1, 0.15) is 38.2 Å². The average Bonchev–Trinajstić information content (AvgIpc) is 3.24. The van der Waals surface area contributed by atoms with Crippen LogP contribution in [0.4, 0.5) is 10.5 Å². The molecule has 1 aliphatic carbocycles. The molecule has 2 heterocycles. The second-order valence-electron chi connectivity index (χ2n) is 7.90. The molecule has 0 aromatic heterocycles. The van der Waals surface area contributed by atoms with Crippen LogP contribution in [0.3, 0.4) is 0 Å². The summed E-state index contributed by atoms with van der Waals surface area (Å²) < 4.78 is 17.3. The molecular weight excluding hydrogens is 332 g/mol. The number of hydrogen-bond donors (Lipinski definition) is 2. The Hall–Kier alpha value is -1.63. The van der Waals surface area contributed by atoms with Crippen LogP contribution in [0.2, 0.25) is 0 Å². The molecular formula is C20H28N2O4. The van der Waals surface area contributed by atoms with Gasteiger partial charge in [0.1, 0.15) is 12.2 Å². The number of anilines is 1. The third-order valence-corrected chi connectivity index (χ3v) is 5.46. The predicted octanol–water partition coefficient (Wildman–Crippen LogP) is 2.89. The van der Waals surface area contributed by atoms with Crippen molar-refractivity contribution >= 4 is 11.8 Å². The number of rotatable bonds is 6. The fourth-order valence-electron chi connectivity index (χ4n) is 3.62. The minimum atomic E-state index is -0.463. The molecule has 2 N–H and O–H groups in total. The van der Waals surface area contributed by atoms with Crippen LogP contribution in [-0.4, -0.2) is 50.2 Å². The number of carbonyl (C=O) groups is 1. The molecule has 0 bridgehead atoms. The number of amides is 1. The van der Waals surface area contributed by atoms with Gasteiger partial charge in [0.15, 0.2) is 6.10 Å². The fourth-order valence-corrected chi connectivity index (χ4v) is 3.62. The van der Waals surface area contributed by atoms with Crippen molar-refractivity contribution in [1.82, 2.24) is 5.32 Å². The summed E-state index contributed by atoms with van der Waals surface area (Å²) in [5.74, 6) is 1.28. The van der Waals surface area contributed by atoms with Crippen molar-refractivity contribution in [1.29, 1.82) is 0 Å². The highest BCUT2D eigenvalue weighted by Crippen LogP contribution is 2.31. The third kappa shape index (κ3) is 4.03. The van der Waals surface area contributed by atoms with E-state index in [9.17, 15) is 4.79 Å². The van der Waals surface area contributed by atoms with E-state index in [4.69, 9.17) is 14.2 Å². The molecule has 1 aromatic carbocycles. The van der Waals surface area contributed by atoms with Gasteiger partial charge in [0, 0.05) is 5.69 Å². The third-order valence-electron chi connectivity index (χ3n) is 5.46. The summed E-state index contributed by atoms with van der Waals surface area (Å²) in [6.45, 7) is 6.30. The summed E-state index contributed by atoms with van der Waals surface area (Å²) in [5.41, 5.74) is 1.96. The predicted molar refractivity (Wildman–Crippen MR) is 98.4 cm³/mol. The highest BCUT2D eigenvalue weighted by atomic mass is 16.6. The summed E-state index contributed by atoms with van der Waals surface area (Å²) in [4.78, 5) is 12.2. The molecule has 6 nitrogen and oxygen atoms in total. The van der Waals surface area contributed by atoms with Crippen molar-refractivity contribution in [3.05, 3.63) is 29.8 Å². The van der Waals surface area contributed by atoms with E-state index in [0.717, 1.165) is 18.2 Å². The van der Waals surface area contributed by atoms with Crippen LogP contribution in [-0.2, 0) is 14.2 Å². The van der Waals surface area contributed by atoms with Crippen LogP contribution in [0.5, 0.6) is 0 Å². The maximum absolute atomic E-state index is 12.2. The second kappa shape index (κ2) is 7.55. The maximum Gasteiger partial charge on any atom is 0.412 e. The quantitative estimate of drug-likeness (QED) is 0.816. The van der Waals surface area contributed by atoms with Crippen LogP contribution in [0.15, 0.2) is 24.3 Å². The van der Waals surface area contributed by atoms with Crippen molar-refractivity contribution in [2.75, 3.05) is 25.1 Å².